The van der Waals surface area contributed by atoms with Crippen LogP contribution < -0.4 is 5.32 Å². The maximum Gasteiger partial charge on any atom is 0.135 e. The average Bonchev–Trinajstić information content (AvgIpc) is 3.73. The first-order valence-corrected chi connectivity index (χ1v) is 13.3. The Kier molecular flexibility index (Phi) is 5.90. The van der Waals surface area contributed by atoms with Crippen LogP contribution in [0.1, 0.15) is 31.2 Å². The molecule has 38 heavy (non-hydrogen) atoms. The topological polar surface area (TPSA) is 95.2 Å². The second kappa shape index (κ2) is 9.84. The van der Waals surface area contributed by atoms with E-state index in [-0.39, 0.29) is 0 Å². The van der Waals surface area contributed by atoms with E-state index in [4.69, 9.17) is 4.98 Å². The van der Waals surface area contributed by atoms with Gasteiger partial charge in [0.05, 0.1) is 16.9 Å². The molecule has 0 aliphatic heterocycles. The Labute approximate surface area is 220 Å². The number of hydrogen-bond donors (Lipinski definition) is 3. The minimum atomic E-state index is 0.807. The van der Waals surface area contributed by atoms with Crippen LogP contribution in [0.15, 0.2) is 79.4 Å². The second-order valence-electron chi connectivity index (χ2n) is 10.2. The molecule has 7 rings (SSSR count). The number of fused-ring (bicyclic) bond motifs is 2. The molecule has 1 saturated carbocycles. The Hall–Kier alpha value is -4.36. The number of H-pyrrole nitrogens is 2. The summed E-state index contributed by atoms with van der Waals surface area (Å²) < 4.78 is 0. The van der Waals surface area contributed by atoms with Crippen LogP contribution in [0.25, 0.3) is 55.7 Å². The van der Waals surface area contributed by atoms with E-state index in [0.29, 0.717) is 0 Å². The molecule has 0 unspecified atom stereocenters. The summed E-state index contributed by atoms with van der Waals surface area (Å²) in [6.45, 7) is 1.91. The molecule has 3 N–H and O–H groups in total. The summed E-state index contributed by atoms with van der Waals surface area (Å²) >= 11 is 0. The lowest BCUT2D eigenvalue weighted by atomic mass is 10.0. The van der Waals surface area contributed by atoms with E-state index in [9.17, 15) is 0 Å². The van der Waals surface area contributed by atoms with Gasteiger partial charge in [-0.05, 0) is 84.5 Å². The molecule has 6 aromatic rings. The maximum absolute atomic E-state index is 5.03. The number of nitrogens with zero attached hydrogens (tertiary/aromatic N) is 4. The molecule has 0 spiro atoms. The van der Waals surface area contributed by atoms with Crippen molar-refractivity contribution < 1.29 is 0 Å². The minimum Gasteiger partial charge on any atom is -0.353 e. The smallest absolute Gasteiger partial charge is 0.135 e. The summed E-state index contributed by atoms with van der Waals surface area (Å²) in [5.41, 5.74) is 9.90. The molecule has 5 aromatic heterocycles. The standard InChI is InChI=1S/C31H29N7/c1-2-5-20(4-1)16-33-17-21-14-23(19-34-18-21)26-8-9-28-30(36-26)31(38-37-28)29-15-25-24(6-3-7-27(25)35-29)22-10-12-32-13-11-22/h3,6-15,18-20,33,35H,1-2,4-5,16-17H2,(H,37,38). The van der Waals surface area contributed by atoms with Crippen molar-refractivity contribution in [3.05, 3.63) is 84.9 Å². The van der Waals surface area contributed by atoms with Gasteiger partial charge < -0.3 is 10.3 Å². The van der Waals surface area contributed by atoms with Crippen molar-refractivity contribution in [1.82, 2.24) is 35.5 Å². The molecular weight excluding hydrogens is 470 g/mol. The van der Waals surface area contributed by atoms with E-state index in [1.807, 2.05) is 49.1 Å². The van der Waals surface area contributed by atoms with Crippen molar-refractivity contribution in [3.63, 3.8) is 0 Å². The van der Waals surface area contributed by atoms with Gasteiger partial charge in [-0.25, -0.2) is 4.98 Å². The SMILES string of the molecule is c1cc(-c2ccncc2)c2cc(-c3n[nH]c4ccc(-c5cncc(CNCC6CCCC6)c5)nc34)[nH]c2c1. The van der Waals surface area contributed by atoms with E-state index < -0.39 is 0 Å². The van der Waals surface area contributed by atoms with Crippen LogP contribution in [0.5, 0.6) is 0 Å². The van der Waals surface area contributed by atoms with Gasteiger partial charge in [-0.2, -0.15) is 5.10 Å². The molecule has 0 saturated heterocycles. The molecule has 1 aliphatic rings. The summed E-state index contributed by atoms with van der Waals surface area (Å²) in [6.07, 6.45) is 12.9. The van der Waals surface area contributed by atoms with E-state index in [0.717, 1.165) is 74.7 Å². The Morgan fingerprint density at radius 3 is 2.66 bits per heavy atom. The average molecular weight is 500 g/mol. The summed E-state index contributed by atoms with van der Waals surface area (Å²) in [5, 5.41) is 12.6. The minimum absolute atomic E-state index is 0.807. The zero-order valence-corrected chi connectivity index (χ0v) is 21.1. The normalized spacial score (nSPS) is 14.1. The first kappa shape index (κ1) is 22.8. The summed E-state index contributed by atoms with van der Waals surface area (Å²) in [7, 11) is 0. The van der Waals surface area contributed by atoms with E-state index in [2.05, 4.69) is 60.8 Å². The lowest BCUT2D eigenvalue weighted by Crippen LogP contribution is -2.20. The molecule has 7 nitrogen and oxygen atoms in total. The first-order valence-electron chi connectivity index (χ1n) is 13.3. The lowest BCUT2D eigenvalue weighted by Gasteiger charge is -2.11. The zero-order valence-electron chi connectivity index (χ0n) is 21.1. The van der Waals surface area contributed by atoms with Crippen molar-refractivity contribution in [2.24, 2.45) is 5.92 Å². The maximum atomic E-state index is 5.03. The van der Waals surface area contributed by atoms with E-state index >= 15 is 0 Å². The molecule has 0 bridgehead atoms. The largest absolute Gasteiger partial charge is 0.353 e. The van der Waals surface area contributed by atoms with Crippen molar-refractivity contribution in [3.8, 4) is 33.8 Å². The number of nitrogens with one attached hydrogen (secondary N) is 3. The molecular formula is C31H29N7. The quantitative estimate of drug-likeness (QED) is 0.233. The highest BCUT2D eigenvalue weighted by molar-refractivity contribution is 6.00. The molecule has 1 aromatic carbocycles. The van der Waals surface area contributed by atoms with Gasteiger partial charge in [-0.15, -0.1) is 0 Å². The number of hydrogen-bond acceptors (Lipinski definition) is 5. The second-order valence-corrected chi connectivity index (χ2v) is 10.2. The van der Waals surface area contributed by atoms with Gasteiger partial charge in [-0.1, -0.05) is 25.0 Å². The Morgan fingerprint density at radius 1 is 0.868 bits per heavy atom. The van der Waals surface area contributed by atoms with Crippen LogP contribution in [0.3, 0.4) is 0 Å². The predicted molar refractivity (Wildman–Crippen MR) is 151 cm³/mol. The van der Waals surface area contributed by atoms with Gasteiger partial charge in [0.25, 0.3) is 0 Å². The van der Waals surface area contributed by atoms with Crippen LogP contribution in [-0.4, -0.2) is 36.7 Å². The summed E-state index contributed by atoms with van der Waals surface area (Å²) in [5.74, 6) is 0.820. The number of benzene rings is 1. The number of rotatable bonds is 7. The fourth-order valence-electron chi connectivity index (χ4n) is 5.67. The van der Waals surface area contributed by atoms with Crippen LogP contribution in [0.4, 0.5) is 0 Å². The molecule has 7 heteroatoms. The van der Waals surface area contributed by atoms with Crippen molar-refractivity contribution in [1.29, 1.82) is 0 Å². The number of aromatic amines is 2. The van der Waals surface area contributed by atoms with Gasteiger partial charge in [0.1, 0.15) is 11.2 Å². The monoisotopic (exact) mass is 499 g/mol. The lowest BCUT2D eigenvalue weighted by molar-refractivity contribution is 0.489. The zero-order chi connectivity index (χ0) is 25.3. The summed E-state index contributed by atoms with van der Waals surface area (Å²) in [6, 6.07) is 18.8. The third-order valence-corrected chi connectivity index (χ3v) is 7.65. The van der Waals surface area contributed by atoms with Gasteiger partial charge in [0.15, 0.2) is 0 Å². The third kappa shape index (κ3) is 4.35. The Morgan fingerprint density at radius 2 is 1.76 bits per heavy atom. The van der Waals surface area contributed by atoms with Gasteiger partial charge in [0.2, 0.25) is 0 Å². The molecule has 5 heterocycles. The number of aromatic nitrogens is 6. The Bertz CT molecular complexity index is 1710. The molecule has 1 aliphatic carbocycles. The van der Waals surface area contributed by atoms with Crippen molar-refractivity contribution in [2.75, 3.05) is 6.54 Å². The molecule has 188 valence electrons. The fourth-order valence-corrected chi connectivity index (χ4v) is 5.67. The fraction of sp³-hybridized carbons (Fsp3) is 0.226. The van der Waals surface area contributed by atoms with Gasteiger partial charge >= 0.3 is 0 Å². The highest BCUT2D eigenvalue weighted by Crippen LogP contribution is 2.34. The van der Waals surface area contributed by atoms with Gasteiger partial charge in [-0.3, -0.25) is 15.1 Å². The highest BCUT2D eigenvalue weighted by atomic mass is 15.1. The first-order chi connectivity index (χ1) is 18.8. The molecule has 1 fully saturated rings. The molecule has 0 amide bonds. The van der Waals surface area contributed by atoms with Gasteiger partial charge in [0, 0.05) is 47.8 Å². The number of pyridine rings is 3. The Balaban J connectivity index is 1.20. The third-order valence-electron chi connectivity index (χ3n) is 7.65. The van der Waals surface area contributed by atoms with Crippen LogP contribution >= 0.6 is 0 Å². The van der Waals surface area contributed by atoms with Crippen LogP contribution in [-0.2, 0) is 6.54 Å². The summed E-state index contributed by atoms with van der Waals surface area (Å²) in [4.78, 5) is 17.3. The van der Waals surface area contributed by atoms with Crippen molar-refractivity contribution in [2.45, 2.75) is 32.2 Å². The molecule has 0 atom stereocenters. The van der Waals surface area contributed by atoms with E-state index in [1.54, 1.807) is 0 Å². The van der Waals surface area contributed by atoms with Crippen LogP contribution in [0, 0.1) is 5.92 Å². The van der Waals surface area contributed by atoms with E-state index in [1.165, 1.54) is 31.2 Å². The molecule has 0 radical (unpaired) electrons. The highest BCUT2D eigenvalue weighted by Gasteiger charge is 2.16. The van der Waals surface area contributed by atoms with Crippen LogP contribution in [0.2, 0.25) is 0 Å². The predicted octanol–water partition coefficient (Wildman–Crippen LogP) is 6.51. The van der Waals surface area contributed by atoms with Crippen molar-refractivity contribution >= 4 is 21.9 Å².